The second-order valence-corrected chi connectivity index (χ2v) is 6.06. The molecule has 0 atom stereocenters. The van der Waals surface area contributed by atoms with Crippen molar-refractivity contribution in [1.29, 1.82) is 5.41 Å². The van der Waals surface area contributed by atoms with Gasteiger partial charge in [-0.25, -0.2) is 9.78 Å². The van der Waals surface area contributed by atoms with Crippen LogP contribution in [0.2, 0.25) is 0 Å². The van der Waals surface area contributed by atoms with Crippen LogP contribution in [-0.2, 0) is 9.53 Å². The van der Waals surface area contributed by atoms with Crippen LogP contribution in [0.4, 0.5) is 0 Å². The molecule has 9 heteroatoms. The van der Waals surface area contributed by atoms with Crippen LogP contribution in [0.15, 0.2) is 44.7 Å². The van der Waals surface area contributed by atoms with E-state index in [2.05, 4.69) is 10.1 Å². The molecule has 0 aromatic carbocycles. The summed E-state index contributed by atoms with van der Waals surface area (Å²) in [6.07, 6.45) is 1.47. The Balaban J connectivity index is 1.97. The fourth-order valence-electron chi connectivity index (χ4n) is 2.77. The summed E-state index contributed by atoms with van der Waals surface area (Å²) in [5, 5.41) is 21.8. The van der Waals surface area contributed by atoms with Gasteiger partial charge in [-0.3, -0.25) is 4.79 Å². The highest BCUT2D eigenvalue weighted by molar-refractivity contribution is 6.20. The monoisotopic (exact) mass is 383 g/mol. The molecule has 0 aliphatic carbocycles. The molecule has 0 aliphatic heterocycles. The molecule has 0 saturated carbocycles. The average molecular weight is 383 g/mol. The number of aliphatic hydroxyl groups is 1. The minimum Gasteiger partial charge on any atom is -0.508 e. The minimum atomic E-state index is -0.774. The van der Waals surface area contributed by atoms with Gasteiger partial charge in [0.2, 0.25) is 0 Å². The first-order valence-electron chi connectivity index (χ1n) is 8.26. The lowest BCUT2D eigenvalue weighted by Crippen LogP contribution is -2.15. The number of pyridine rings is 1. The number of fused-ring (bicyclic) bond motifs is 1. The third-order valence-electron chi connectivity index (χ3n) is 3.97. The lowest BCUT2D eigenvalue weighted by Gasteiger charge is -2.09. The molecular formula is C19H17N3O6. The fourth-order valence-corrected chi connectivity index (χ4v) is 2.77. The van der Waals surface area contributed by atoms with Crippen LogP contribution in [-0.4, -0.2) is 39.3 Å². The average Bonchev–Trinajstić information content (AvgIpc) is 3.28. The van der Waals surface area contributed by atoms with Gasteiger partial charge < -0.3 is 24.2 Å². The lowest BCUT2D eigenvalue weighted by atomic mass is 10.1. The number of hydrogen-bond acceptors (Lipinski definition) is 9. The number of aliphatic hydroxyl groups excluding tert-OH is 1. The summed E-state index contributed by atoms with van der Waals surface area (Å²) < 4.78 is 15.6. The Hall–Kier alpha value is -3.75. The molecule has 3 heterocycles. The second-order valence-electron chi connectivity index (χ2n) is 6.06. The van der Waals surface area contributed by atoms with Crippen LogP contribution < -0.4 is 0 Å². The standard InChI is InChI=1S/C19H17N3O6/c1-9(20)16(11(3)23)14(24)8-27-19(25)12-7-13(15-5-4-6-26-15)21-18-17(12)10(2)22-28-18/h4-7,20,24H,8H2,1-3H3/b16-14-,20-9?. The van der Waals surface area contributed by atoms with Crippen LogP contribution in [0.25, 0.3) is 22.6 Å². The molecule has 3 aromatic rings. The third-order valence-corrected chi connectivity index (χ3v) is 3.97. The Morgan fingerprint density at radius 3 is 2.68 bits per heavy atom. The number of rotatable bonds is 6. The number of nitrogens with zero attached hydrogens (tertiary/aromatic N) is 2. The summed E-state index contributed by atoms with van der Waals surface area (Å²) in [6.45, 7) is 3.67. The molecule has 3 rings (SSSR count). The zero-order valence-corrected chi connectivity index (χ0v) is 15.4. The van der Waals surface area contributed by atoms with Crippen LogP contribution in [0.1, 0.15) is 29.9 Å². The van der Waals surface area contributed by atoms with Gasteiger partial charge in [-0.1, -0.05) is 5.16 Å². The number of allylic oxidation sites excluding steroid dienone is 1. The fraction of sp³-hybridized carbons (Fsp3) is 0.211. The molecule has 28 heavy (non-hydrogen) atoms. The zero-order valence-electron chi connectivity index (χ0n) is 15.4. The largest absolute Gasteiger partial charge is 0.508 e. The first-order chi connectivity index (χ1) is 13.3. The lowest BCUT2D eigenvalue weighted by molar-refractivity contribution is -0.113. The van der Waals surface area contributed by atoms with Crippen molar-refractivity contribution in [2.75, 3.05) is 6.61 Å². The Bertz CT molecular complexity index is 1090. The van der Waals surface area contributed by atoms with Crippen molar-refractivity contribution in [3.8, 4) is 11.5 Å². The van der Waals surface area contributed by atoms with Gasteiger partial charge in [0, 0.05) is 5.71 Å². The Labute approximate surface area is 159 Å². The normalized spacial score (nSPS) is 12.0. The molecule has 9 nitrogen and oxygen atoms in total. The molecule has 0 aliphatic rings. The van der Waals surface area contributed by atoms with E-state index >= 15 is 0 Å². The van der Waals surface area contributed by atoms with E-state index in [-0.39, 0.29) is 22.6 Å². The summed E-state index contributed by atoms with van der Waals surface area (Å²) in [6, 6.07) is 4.83. The smallest absolute Gasteiger partial charge is 0.339 e. The third kappa shape index (κ3) is 3.54. The van der Waals surface area contributed by atoms with E-state index in [1.165, 1.54) is 26.2 Å². The predicted molar refractivity (Wildman–Crippen MR) is 98.3 cm³/mol. The van der Waals surface area contributed by atoms with Crippen LogP contribution in [0.5, 0.6) is 0 Å². The highest BCUT2D eigenvalue weighted by atomic mass is 16.5. The minimum absolute atomic E-state index is 0.123. The molecule has 144 valence electrons. The molecule has 0 unspecified atom stereocenters. The number of aryl methyl sites for hydroxylation is 1. The second kappa shape index (κ2) is 7.47. The molecule has 0 radical (unpaired) electrons. The molecule has 0 fully saturated rings. The summed E-state index contributed by atoms with van der Waals surface area (Å²) >= 11 is 0. The van der Waals surface area contributed by atoms with Gasteiger partial charge in [-0.15, -0.1) is 0 Å². The molecule has 0 amide bonds. The predicted octanol–water partition coefficient (Wildman–Crippen LogP) is 3.39. The van der Waals surface area contributed by atoms with Gasteiger partial charge in [0.25, 0.3) is 5.71 Å². The highest BCUT2D eigenvalue weighted by Gasteiger charge is 2.22. The number of ether oxygens (including phenoxy) is 1. The van der Waals surface area contributed by atoms with E-state index < -0.39 is 24.1 Å². The number of carbonyl (C=O) groups excluding carboxylic acids is 2. The number of esters is 1. The number of aromatic nitrogens is 2. The summed E-state index contributed by atoms with van der Waals surface area (Å²) in [5.74, 6) is -1.34. The van der Waals surface area contributed by atoms with Gasteiger partial charge in [-0.2, -0.15) is 0 Å². The van der Waals surface area contributed by atoms with Crippen molar-refractivity contribution in [2.45, 2.75) is 20.8 Å². The SMILES string of the molecule is CC(=N)/C(C(C)=O)=C(/O)COC(=O)c1cc(-c2ccco2)nc2onc(C)c12. The number of Topliss-reactive ketones (excluding diaryl/α,β-unsaturated/α-hetero) is 1. The van der Waals surface area contributed by atoms with E-state index in [9.17, 15) is 14.7 Å². The van der Waals surface area contributed by atoms with Crippen molar-refractivity contribution >= 4 is 28.6 Å². The number of furan rings is 1. The summed E-state index contributed by atoms with van der Waals surface area (Å²) in [5.41, 5.74) is 0.740. The van der Waals surface area contributed by atoms with E-state index in [0.717, 1.165) is 0 Å². The van der Waals surface area contributed by atoms with Crippen molar-refractivity contribution in [3.05, 3.63) is 47.1 Å². The van der Waals surface area contributed by atoms with Gasteiger partial charge in [-0.05, 0) is 39.0 Å². The van der Waals surface area contributed by atoms with Crippen LogP contribution >= 0.6 is 0 Å². The molecule has 3 aromatic heterocycles. The van der Waals surface area contributed by atoms with Crippen molar-refractivity contribution in [2.24, 2.45) is 0 Å². The van der Waals surface area contributed by atoms with Gasteiger partial charge in [0.1, 0.15) is 18.1 Å². The number of hydrogen-bond donors (Lipinski definition) is 2. The molecule has 0 bridgehead atoms. The Morgan fingerprint density at radius 1 is 1.32 bits per heavy atom. The Kier molecular flexibility index (Phi) is 5.08. The zero-order chi connectivity index (χ0) is 20.4. The maximum absolute atomic E-state index is 12.7. The quantitative estimate of drug-likeness (QED) is 0.286. The topological polar surface area (TPSA) is 140 Å². The van der Waals surface area contributed by atoms with Gasteiger partial charge in [0.15, 0.2) is 11.5 Å². The van der Waals surface area contributed by atoms with E-state index in [1.807, 2.05) is 0 Å². The van der Waals surface area contributed by atoms with E-state index in [0.29, 0.717) is 22.5 Å². The molecule has 0 saturated heterocycles. The molecular weight excluding hydrogens is 366 g/mol. The van der Waals surface area contributed by atoms with E-state index in [4.69, 9.17) is 19.1 Å². The number of nitrogens with one attached hydrogen (secondary N) is 1. The summed E-state index contributed by atoms with van der Waals surface area (Å²) in [7, 11) is 0. The van der Waals surface area contributed by atoms with Crippen LogP contribution in [0.3, 0.4) is 0 Å². The highest BCUT2D eigenvalue weighted by Crippen LogP contribution is 2.27. The van der Waals surface area contributed by atoms with Gasteiger partial charge >= 0.3 is 5.97 Å². The first-order valence-corrected chi connectivity index (χ1v) is 8.26. The van der Waals surface area contributed by atoms with Crippen molar-refractivity contribution in [3.63, 3.8) is 0 Å². The number of ketones is 1. The molecule has 0 spiro atoms. The van der Waals surface area contributed by atoms with E-state index in [1.54, 1.807) is 19.1 Å². The number of carbonyl (C=O) groups is 2. The van der Waals surface area contributed by atoms with Crippen molar-refractivity contribution < 1.29 is 28.4 Å². The van der Waals surface area contributed by atoms with Crippen LogP contribution in [0, 0.1) is 12.3 Å². The first kappa shape index (κ1) is 19.0. The Morgan fingerprint density at radius 2 is 2.07 bits per heavy atom. The maximum atomic E-state index is 12.7. The maximum Gasteiger partial charge on any atom is 0.339 e. The van der Waals surface area contributed by atoms with Gasteiger partial charge in [0.05, 0.1) is 28.5 Å². The van der Waals surface area contributed by atoms with Crippen molar-refractivity contribution in [1.82, 2.24) is 10.1 Å². The summed E-state index contributed by atoms with van der Waals surface area (Å²) in [4.78, 5) is 28.5. The molecule has 2 N–H and O–H groups in total.